The fourth-order valence-electron chi connectivity index (χ4n) is 2.71. The molecule has 0 aliphatic rings. The van der Waals surface area contributed by atoms with Crippen molar-refractivity contribution in [1.29, 1.82) is 0 Å². The number of carbonyl (C=O) groups excluding carboxylic acids is 1. The lowest BCUT2D eigenvalue weighted by atomic mass is 10.1. The summed E-state index contributed by atoms with van der Waals surface area (Å²) in [4.78, 5) is 23.6. The van der Waals surface area contributed by atoms with E-state index in [1.165, 1.54) is 11.8 Å². The number of pyridine rings is 1. The van der Waals surface area contributed by atoms with Crippen molar-refractivity contribution in [1.82, 2.24) is 14.9 Å². The Labute approximate surface area is 157 Å². The zero-order valence-electron chi connectivity index (χ0n) is 15.3. The van der Waals surface area contributed by atoms with Crippen molar-refractivity contribution < 1.29 is 9.21 Å². The van der Waals surface area contributed by atoms with Gasteiger partial charge >= 0.3 is 0 Å². The summed E-state index contributed by atoms with van der Waals surface area (Å²) < 4.78 is 5.73. The van der Waals surface area contributed by atoms with Crippen molar-refractivity contribution in [3.8, 4) is 0 Å². The van der Waals surface area contributed by atoms with Gasteiger partial charge in [-0.3, -0.25) is 4.79 Å². The first-order valence-electron chi connectivity index (χ1n) is 8.81. The molecule has 2 aromatic heterocycles. The van der Waals surface area contributed by atoms with E-state index in [-0.39, 0.29) is 17.2 Å². The molecule has 5 nitrogen and oxygen atoms in total. The van der Waals surface area contributed by atoms with Crippen LogP contribution in [0.3, 0.4) is 0 Å². The van der Waals surface area contributed by atoms with Gasteiger partial charge < -0.3 is 9.32 Å². The molecule has 0 aliphatic carbocycles. The van der Waals surface area contributed by atoms with Gasteiger partial charge in [0.25, 0.3) is 5.22 Å². The molecule has 1 aromatic carbocycles. The molecule has 0 fully saturated rings. The topological polar surface area (TPSA) is 59.2 Å². The number of oxazole rings is 1. The Balaban J connectivity index is 1.77. The fraction of sp³-hybridized carbons (Fsp3) is 0.350. The first kappa shape index (κ1) is 18.5. The minimum Gasteiger partial charge on any atom is -0.430 e. The highest BCUT2D eigenvalue weighted by Crippen LogP contribution is 2.29. The summed E-state index contributed by atoms with van der Waals surface area (Å²) in [5.41, 5.74) is 2.34. The number of aromatic nitrogens is 2. The summed E-state index contributed by atoms with van der Waals surface area (Å²) in [5, 5.41) is 0.247. The summed E-state index contributed by atoms with van der Waals surface area (Å²) in [6, 6.07) is 13.8. The quantitative estimate of drug-likeness (QED) is 0.573. The van der Waals surface area contributed by atoms with Gasteiger partial charge in [0.1, 0.15) is 0 Å². The zero-order chi connectivity index (χ0) is 18.5. The van der Waals surface area contributed by atoms with Gasteiger partial charge in [0.05, 0.1) is 5.25 Å². The number of nitrogens with zero attached hydrogens (tertiary/aromatic N) is 3. The van der Waals surface area contributed by atoms with Gasteiger partial charge in [-0.1, -0.05) is 49.0 Å². The average Bonchev–Trinajstić information content (AvgIpc) is 3.06. The van der Waals surface area contributed by atoms with Crippen LogP contribution in [-0.2, 0) is 11.3 Å². The third-order valence-electron chi connectivity index (χ3n) is 4.14. The largest absolute Gasteiger partial charge is 0.430 e. The zero-order valence-corrected chi connectivity index (χ0v) is 16.1. The van der Waals surface area contributed by atoms with Crippen molar-refractivity contribution in [3.05, 3.63) is 54.2 Å². The monoisotopic (exact) mass is 369 g/mol. The van der Waals surface area contributed by atoms with E-state index in [0.29, 0.717) is 29.4 Å². The van der Waals surface area contributed by atoms with E-state index >= 15 is 0 Å². The first-order chi connectivity index (χ1) is 12.6. The third kappa shape index (κ3) is 4.25. The third-order valence-corrected chi connectivity index (χ3v) is 5.33. The Morgan fingerprint density at radius 1 is 1.19 bits per heavy atom. The highest BCUT2D eigenvalue weighted by molar-refractivity contribution is 8.00. The van der Waals surface area contributed by atoms with E-state index in [4.69, 9.17) is 4.42 Å². The van der Waals surface area contributed by atoms with Crippen LogP contribution >= 0.6 is 11.8 Å². The van der Waals surface area contributed by atoms with Crippen LogP contribution in [0.2, 0.25) is 0 Å². The molecule has 3 aromatic rings. The fourth-order valence-corrected chi connectivity index (χ4v) is 3.63. The summed E-state index contributed by atoms with van der Waals surface area (Å²) in [6.45, 7) is 6.70. The molecule has 0 spiro atoms. The molecule has 0 unspecified atom stereocenters. The second-order valence-electron chi connectivity index (χ2n) is 6.37. The molecule has 1 atom stereocenters. The van der Waals surface area contributed by atoms with E-state index < -0.39 is 0 Å². The van der Waals surface area contributed by atoms with Crippen molar-refractivity contribution in [2.45, 2.75) is 50.3 Å². The number of hydrogen-bond donors (Lipinski definition) is 0. The maximum Gasteiger partial charge on any atom is 0.259 e. The van der Waals surface area contributed by atoms with Crippen molar-refractivity contribution in [2.75, 3.05) is 0 Å². The summed E-state index contributed by atoms with van der Waals surface area (Å²) in [6.07, 6.45) is 2.38. The van der Waals surface area contributed by atoms with Crippen molar-refractivity contribution in [2.24, 2.45) is 0 Å². The molecule has 1 amide bonds. The number of hydrogen-bond acceptors (Lipinski definition) is 5. The van der Waals surface area contributed by atoms with Gasteiger partial charge in [-0.05, 0) is 38.0 Å². The van der Waals surface area contributed by atoms with Gasteiger partial charge in [0.15, 0.2) is 11.2 Å². The lowest BCUT2D eigenvalue weighted by molar-refractivity contribution is -0.133. The van der Waals surface area contributed by atoms with Crippen LogP contribution in [0.15, 0.2) is 58.3 Å². The van der Waals surface area contributed by atoms with E-state index in [1.807, 2.05) is 68.1 Å². The van der Waals surface area contributed by atoms with Crippen LogP contribution in [0.5, 0.6) is 0 Å². The average molecular weight is 369 g/mol. The summed E-state index contributed by atoms with van der Waals surface area (Å²) in [7, 11) is 0. The normalized spacial score (nSPS) is 12.5. The Bertz CT molecular complexity index is 831. The summed E-state index contributed by atoms with van der Waals surface area (Å²) >= 11 is 1.37. The van der Waals surface area contributed by atoms with Crippen molar-refractivity contribution in [3.63, 3.8) is 0 Å². The van der Waals surface area contributed by atoms with Crippen LogP contribution in [-0.4, -0.2) is 32.1 Å². The molecule has 0 N–H and O–H groups in total. The number of carbonyl (C=O) groups is 1. The predicted octanol–water partition coefficient (Wildman–Crippen LogP) is 4.53. The minimum atomic E-state index is -0.242. The summed E-state index contributed by atoms with van der Waals surface area (Å²) in [5.74, 6) is 0.103. The number of fused-ring (bicyclic) bond motifs is 1. The first-order valence-corrected chi connectivity index (χ1v) is 9.69. The molecule has 26 heavy (non-hydrogen) atoms. The molecule has 0 saturated heterocycles. The highest BCUT2D eigenvalue weighted by atomic mass is 32.2. The highest BCUT2D eigenvalue weighted by Gasteiger charge is 2.27. The van der Waals surface area contributed by atoms with Crippen molar-refractivity contribution >= 4 is 28.9 Å². The van der Waals surface area contributed by atoms with E-state index in [1.54, 1.807) is 6.20 Å². The van der Waals surface area contributed by atoms with Gasteiger partial charge in [-0.15, -0.1) is 0 Å². The number of rotatable bonds is 7. The number of benzene rings is 1. The number of amides is 1. The second-order valence-corrected chi connectivity index (χ2v) is 7.52. The minimum absolute atomic E-state index is 0.103. The molecule has 0 aliphatic heterocycles. The van der Waals surface area contributed by atoms with E-state index in [2.05, 4.69) is 9.97 Å². The lowest BCUT2D eigenvalue weighted by Gasteiger charge is -2.30. The van der Waals surface area contributed by atoms with Gasteiger partial charge in [-0.25, -0.2) is 4.98 Å². The van der Waals surface area contributed by atoms with Crippen LogP contribution in [0.1, 0.15) is 32.8 Å². The maximum absolute atomic E-state index is 13.2. The second kappa shape index (κ2) is 8.36. The Morgan fingerprint density at radius 2 is 1.96 bits per heavy atom. The Kier molecular flexibility index (Phi) is 5.93. The molecule has 0 bridgehead atoms. The predicted molar refractivity (Wildman–Crippen MR) is 104 cm³/mol. The lowest BCUT2D eigenvalue weighted by Crippen LogP contribution is -2.41. The molecule has 0 radical (unpaired) electrons. The maximum atomic E-state index is 13.2. The molecule has 0 saturated carbocycles. The smallest absolute Gasteiger partial charge is 0.259 e. The van der Waals surface area contributed by atoms with Gasteiger partial charge in [0, 0.05) is 18.8 Å². The molecule has 6 heteroatoms. The number of thioether (sulfide) groups is 1. The van der Waals surface area contributed by atoms with Crippen LogP contribution in [0.4, 0.5) is 0 Å². The molecular formula is C20H23N3O2S. The van der Waals surface area contributed by atoms with E-state index in [0.717, 1.165) is 5.56 Å². The van der Waals surface area contributed by atoms with E-state index in [9.17, 15) is 4.79 Å². The molecule has 3 rings (SSSR count). The van der Waals surface area contributed by atoms with Gasteiger partial charge in [0.2, 0.25) is 5.91 Å². The van der Waals surface area contributed by atoms with Crippen LogP contribution in [0, 0.1) is 0 Å². The molecule has 2 heterocycles. The van der Waals surface area contributed by atoms with Crippen LogP contribution in [0.25, 0.3) is 11.2 Å². The SMILES string of the molecule is CC[C@H](Sc1nc2ncccc2o1)C(=O)N(Cc1ccccc1)C(C)C. The molecular weight excluding hydrogens is 346 g/mol. The van der Waals surface area contributed by atoms with Gasteiger partial charge in [-0.2, -0.15) is 4.98 Å². The molecule has 136 valence electrons. The standard InChI is InChI=1S/C20H23N3O2S/c1-4-17(26-20-22-18-16(25-20)11-8-12-21-18)19(24)23(14(2)3)13-15-9-6-5-7-10-15/h5-12,14,17H,4,13H2,1-3H3/t17-/m0/s1. The Morgan fingerprint density at radius 3 is 2.62 bits per heavy atom. The Hall–Kier alpha value is -2.34. The van der Waals surface area contributed by atoms with Crippen LogP contribution < -0.4 is 0 Å².